The van der Waals surface area contributed by atoms with Crippen LogP contribution in [-0.2, 0) is 22.4 Å². The molecule has 8 heteroatoms. The van der Waals surface area contributed by atoms with Crippen LogP contribution in [-0.4, -0.2) is 44.6 Å². The van der Waals surface area contributed by atoms with Gasteiger partial charge in [0.05, 0.1) is 12.1 Å². The van der Waals surface area contributed by atoms with Crippen LogP contribution < -0.4 is 11.0 Å². The number of aromatic amines is 1. The number of aromatic nitrogens is 3. The number of hydrogen-bond acceptors (Lipinski definition) is 4. The first-order valence-corrected chi connectivity index (χ1v) is 11.5. The van der Waals surface area contributed by atoms with Crippen molar-refractivity contribution in [1.29, 1.82) is 0 Å². The Balaban J connectivity index is 1.20. The fourth-order valence-electron chi connectivity index (χ4n) is 4.99. The molecule has 2 aliphatic heterocycles. The molecule has 2 amide bonds. The third-order valence-electron chi connectivity index (χ3n) is 6.93. The minimum absolute atomic E-state index is 0.0200. The number of rotatable bonds is 5. The van der Waals surface area contributed by atoms with E-state index >= 15 is 0 Å². The van der Waals surface area contributed by atoms with Crippen LogP contribution in [0.1, 0.15) is 30.7 Å². The average molecular weight is 444 g/mol. The molecular formula is C25H25N5O3. The Morgan fingerprint density at radius 3 is 2.61 bits per heavy atom. The highest BCUT2D eigenvalue weighted by molar-refractivity contribution is 5.99. The highest BCUT2D eigenvalue weighted by Crippen LogP contribution is 2.33. The fourth-order valence-corrected chi connectivity index (χ4v) is 4.99. The van der Waals surface area contributed by atoms with Crippen LogP contribution in [0.15, 0.2) is 47.3 Å². The van der Waals surface area contributed by atoms with Gasteiger partial charge in [-0.25, -0.2) is 14.5 Å². The summed E-state index contributed by atoms with van der Waals surface area (Å²) in [7, 11) is 0. The van der Waals surface area contributed by atoms with E-state index in [1.54, 1.807) is 4.57 Å². The normalized spacial score (nSPS) is 19.6. The van der Waals surface area contributed by atoms with Crippen LogP contribution in [0.4, 0.5) is 5.69 Å². The van der Waals surface area contributed by atoms with E-state index in [1.807, 2.05) is 47.4 Å². The van der Waals surface area contributed by atoms with Crippen LogP contribution in [0.5, 0.6) is 0 Å². The lowest BCUT2D eigenvalue weighted by Gasteiger charge is -2.16. The smallest absolute Gasteiger partial charge is 0.342 e. The predicted octanol–water partition coefficient (Wildman–Crippen LogP) is 2.52. The Morgan fingerprint density at radius 2 is 1.82 bits per heavy atom. The molecular weight excluding hydrogens is 418 g/mol. The number of H-pyrrole nitrogens is 1. The zero-order valence-corrected chi connectivity index (χ0v) is 18.2. The van der Waals surface area contributed by atoms with Crippen molar-refractivity contribution in [3.63, 3.8) is 0 Å². The minimum Gasteiger partial charge on any atom is -0.342 e. The van der Waals surface area contributed by atoms with Gasteiger partial charge in [-0.05, 0) is 66.1 Å². The van der Waals surface area contributed by atoms with Gasteiger partial charge in [-0.15, -0.1) is 0 Å². The molecule has 6 rings (SSSR count). The largest absolute Gasteiger partial charge is 0.347 e. The van der Waals surface area contributed by atoms with Gasteiger partial charge in [0.1, 0.15) is 5.82 Å². The lowest BCUT2D eigenvalue weighted by Crippen LogP contribution is -2.30. The number of anilines is 1. The quantitative estimate of drug-likeness (QED) is 0.633. The molecule has 2 fully saturated rings. The van der Waals surface area contributed by atoms with Gasteiger partial charge in [-0.3, -0.25) is 9.59 Å². The Bertz CT molecular complexity index is 1300. The van der Waals surface area contributed by atoms with Gasteiger partial charge in [-0.1, -0.05) is 18.2 Å². The second-order valence-corrected chi connectivity index (χ2v) is 9.34. The highest BCUT2D eigenvalue weighted by atomic mass is 16.2. The van der Waals surface area contributed by atoms with Crippen LogP contribution >= 0.6 is 0 Å². The topological polar surface area (TPSA) is 100 Å². The van der Waals surface area contributed by atoms with Crippen molar-refractivity contribution in [3.05, 3.63) is 64.3 Å². The number of likely N-dealkylation sites (tertiary alicyclic amines) is 1. The maximum Gasteiger partial charge on any atom is 0.347 e. The summed E-state index contributed by atoms with van der Waals surface area (Å²) < 4.78 is 1.63. The highest BCUT2D eigenvalue weighted by Gasteiger charge is 2.37. The number of amides is 2. The van der Waals surface area contributed by atoms with E-state index < -0.39 is 0 Å². The molecule has 2 N–H and O–H groups in total. The number of carbonyl (C=O) groups excluding carboxylic acids is 2. The van der Waals surface area contributed by atoms with Crippen LogP contribution in [0, 0.1) is 11.8 Å². The molecule has 0 unspecified atom stereocenters. The van der Waals surface area contributed by atoms with Crippen LogP contribution in [0.2, 0.25) is 0 Å². The van der Waals surface area contributed by atoms with E-state index in [-0.39, 0.29) is 17.5 Å². The minimum atomic E-state index is -0.260. The predicted molar refractivity (Wildman–Crippen MR) is 123 cm³/mol. The molecule has 1 atom stereocenters. The molecule has 1 aliphatic carbocycles. The van der Waals surface area contributed by atoms with Gasteiger partial charge >= 0.3 is 5.69 Å². The van der Waals surface area contributed by atoms with Crippen molar-refractivity contribution in [3.8, 4) is 16.8 Å². The molecule has 2 aromatic carbocycles. The maximum atomic E-state index is 12.5. The summed E-state index contributed by atoms with van der Waals surface area (Å²) in [5.41, 5.74) is 4.42. The molecule has 1 saturated heterocycles. The van der Waals surface area contributed by atoms with Crippen molar-refractivity contribution in [2.45, 2.75) is 32.1 Å². The number of benzene rings is 2. The van der Waals surface area contributed by atoms with Gasteiger partial charge in [0.25, 0.3) is 0 Å². The Hall–Kier alpha value is -3.68. The Labute approximate surface area is 190 Å². The lowest BCUT2D eigenvalue weighted by atomic mass is 10.0. The lowest BCUT2D eigenvalue weighted by molar-refractivity contribution is -0.131. The van der Waals surface area contributed by atoms with Crippen molar-refractivity contribution in [1.82, 2.24) is 19.7 Å². The van der Waals surface area contributed by atoms with Crippen molar-refractivity contribution < 1.29 is 9.59 Å². The van der Waals surface area contributed by atoms with Crippen LogP contribution in [0.25, 0.3) is 16.8 Å². The molecule has 1 aromatic heterocycles. The SMILES string of the molecule is O=C1Cc2cc(-c3ccc(-n4c(C[C@@H]5CCN(C(=O)C6CC6)C5)n[nH]c4=O)cc3)ccc2N1. The molecule has 3 aliphatic rings. The number of fused-ring (bicyclic) bond motifs is 1. The summed E-state index contributed by atoms with van der Waals surface area (Å²) in [5, 5.41) is 9.73. The third-order valence-corrected chi connectivity index (χ3v) is 6.93. The zero-order chi connectivity index (χ0) is 22.5. The summed E-state index contributed by atoms with van der Waals surface area (Å²) in [6.07, 6.45) is 4.04. The second-order valence-electron chi connectivity index (χ2n) is 9.34. The van der Waals surface area contributed by atoms with Gasteiger partial charge in [0, 0.05) is 31.1 Å². The standard InChI is InChI=1S/C25H25N5O3/c31-23-13-19-12-18(5-8-21(19)26-23)16-3-6-20(7-4-16)30-22(27-28-25(30)33)11-15-9-10-29(14-15)24(32)17-1-2-17/h3-8,12,15,17H,1-2,9-11,13-14H2,(H,26,31)(H,28,33)/t15-/m0/s1. The first-order chi connectivity index (χ1) is 16.0. The van der Waals surface area contributed by atoms with Crippen molar-refractivity contribution in [2.75, 3.05) is 18.4 Å². The van der Waals surface area contributed by atoms with E-state index in [2.05, 4.69) is 15.5 Å². The zero-order valence-electron chi connectivity index (χ0n) is 18.2. The second kappa shape index (κ2) is 7.72. The molecule has 1 saturated carbocycles. The van der Waals surface area contributed by atoms with Gasteiger partial charge in [0.15, 0.2) is 0 Å². The average Bonchev–Trinajstić information content (AvgIpc) is 3.28. The van der Waals surface area contributed by atoms with Crippen molar-refractivity contribution >= 4 is 17.5 Å². The molecule has 33 heavy (non-hydrogen) atoms. The number of nitrogens with zero attached hydrogens (tertiary/aromatic N) is 3. The first-order valence-electron chi connectivity index (χ1n) is 11.5. The van der Waals surface area contributed by atoms with Crippen LogP contribution in [0.3, 0.4) is 0 Å². The third kappa shape index (κ3) is 3.75. The summed E-state index contributed by atoms with van der Waals surface area (Å²) in [4.78, 5) is 38.5. The summed E-state index contributed by atoms with van der Waals surface area (Å²) in [6, 6.07) is 13.8. The van der Waals surface area contributed by atoms with Gasteiger partial charge in [0.2, 0.25) is 11.8 Å². The first kappa shape index (κ1) is 20.0. The summed E-state index contributed by atoms with van der Waals surface area (Å²) >= 11 is 0. The van der Waals surface area contributed by atoms with E-state index in [0.29, 0.717) is 30.5 Å². The Kier molecular flexibility index (Phi) is 4.67. The summed E-state index contributed by atoms with van der Waals surface area (Å²) in [6.45, 7) is 1.54. The molecule has 0 bridgehead atoms. The van der Waals surface area contributed by atoms with E-state index in [4.69, 9.17) is 0 Å². The van der Waals surface area contributed by atoms with E-state index in [0.717, 1.165) is 60.4 Å². The van der Waals surface area contributed by atoms with Crippen molar-refractivity contribution in [2.24, 2.45) is 11.8 Å². The van der Waals surface area contributed by atoms with Gasteiger partial charge < -0.3 is 10.2 Å². The van der Waals surface area contributed by atoms with E-state index in [1.165, 1.54) is 0 Å². The molecule has 168 valence electrons. The monoisotopic (exact) mass is 443 g/mol. The van der Waals surface area contributed by atoms with Gasteiger partial charge in [-0.2, -0.15) is 5.10 Å². The molecule has 0 spiro atoms. The molecule has 3 aromatic rings. The molecule has 0 radical (unpaired) electrons. The molecule has 8 nitrogen and oxygen atoms in total. The summed E-state index contributed by atoms with van der Waals surface area (Å²) in [5.74, 6) is 1.56. The number of nitrogens with one attached hydrogen (secondary N) is 2. The number of carbonyl (C=O) groups is 2. The Morgan fingerprint density at radius 1 is 1.03 bits per heavy atom. The fraction of sp³-hybridized carbons (Fsp3) is 0.360. The number of hydrogen-bond donors (Lipinski definition) is 2. The molecule has 3 heterocycles. The maximum absolute atomic E-state index is 12.5. The van der Waals surface area contributed by atoms with E-state index in [9.17, 15) is 14.4 Å².